The number of likely N-dealkylation sites (tertiary alicyclic amines) is 1. The summed E-state index contributed by atoms with van der Waals surface area (Å²) in [5.74, 6) is -0.0469. The van der Waals surface area contributed by atoms with Crippen LogP contribution in [0.1, 0.15) is 28.8 Å². The van der Waals surface area contributed by atoms with Gasteiger partial charge in [0.05, 0.1) is 6.10 Å². The van der Waals surface area contributed by atoms with E-state index in [-0.39, 0.29) is 5.91 Å². The largest absolute Gasteiger partial charge is 0.391 e. The summed E-state index contributed by atoms with van der Waals surface area (Å²) in [5.41, 5.74) is 1.57. The predicted molar refractivity (Wildman–Crippen MR) is 67.3 cm³/mol. The van der Waals surface area contributed by atoms with Gasteiger partial charge in [-0.25, -0.2) is 0 Å². The fourth-order valence-electron chi connectivity index (χ4n) is 2.18. The first-order chi connectivity index (χ1) is 8.06. The summed E-state index contributed by atoms with van der Waals surface area (Å²) in [6.45, 7) is 3.04. The Labute approximate surface area is 106 Å². The van der Waals surface area contributed by atoms with Crippen molar-refractivity contribution in [1.82, 2.24) is 4.90 Å². The third-order valence-electron chi connectivity index (χ3n) is 2.97. The molecule has 4 heteroatoms. The summed E-state index contributed by atoms with van der Waals surface area (Å²) in [6, 6.07) is 5.33. The molecule has 1 amide bonds. The number of carbonyl (C=O) groups excluding carboxylic acids is 1. The summed E-state index contributed by atoms with van der Waals surface area (Å²) in [5, 5.41) is 10.1. The number of aliphatic hydroxyl groups is 1. The molecule has 0 aromatic heterocycles. The van der Waals surface area contributed by atoms with Crippen molar-refractivity contribution in [3.63, 3.8) is 0 Å². The minimum absolute atomic E-state index is 0.0469. The Bertz CT molecular complexity index is 413. The van der Waals surface area contributed by atoms with E-state index in [0.29, 0.717) is 23.7 Å². The molecule has 1 aliphatic rings. The SMILES string of the molecule is Cc1cc(Cl)cc(C(=O)N2CCCC(O)C2)c1. The second kappa shape index (κ2) is 5.07. The van der Waals surface area contributed by atoms with E-state index in [9.17, 15) is 9.90 Å². The molecule has 1 saturated heterocycles. The lowest BCUT2D eigenvalue weighted by Crippen LogP contribution is -2.42. The molecule has 1 aromatic rings. The number of piperidine rings is 1. The van der Waals surface area contributed by atoms with Gasteiger partial charge in [-0.3, -0.25) is 4.79 Å². The van der Waals surface area contributed by atoms with E-state index in [1.807, 2.05) is 19.1 Å². The predicted octanol–water partition coefficient (Wildman–Crippen LogP) is 2.25. The second-order valence-electron chi connectivity index (χ2n) is 4.56. The minimum Gasteiger partial charge on any atom is -0.391 e. The Morgan fingerprint density at radius 3 is 2.88 bits per heavy atom. The molecular formula is C13H16ClNO2. The molecule has 1 atom stereocenters. The highest BCUT2D eigenvalue weighted by Crippen LogP contribution is 2.18. The lowest BCUT2D eigenvalue weighted by Gasteiger charge is -2.30. The smallest absolute Gasteiger partial charge is 0.254 e. The highest BCUT2D eigenvalue weighted by molar-refractivity contribution is 6.31. The van der Waals surface area contributed by atoms with Gasteiger partial charge in [0.1, 0.15) is 0 Å². The van der Waals surface area contributed by atoms with E-state index in [1.54, 1.807) is 11.0 Å². The fourth-order valence-corrected chi connectivity index (χ4v) is 2.47. The maximum atomic E-state index is 12.2. The van der Waals surface area contributed by atoms with E-state index in [2.05, 4.69) is 0 Å². The van der Waals surface area contributed by atoms with E-state index in [0.717, 1.165) is 18.4 Å². The van der Waals surface area contributed by atoms with Gasteiger partial charge in [-0.05, 0) is 43.5 Å². The highest BCUT2D eigenvalue weighted by atomic mass is 35.5. The Kier molecular flexibility index (Phi) is 3.69. The number of β-amino-alcohol motifs (C(OH)–C–C–N with tert-alkyl or cyclic N) is 1. The second-order valence-corrected chi connectivity index (χ2v) is 5.00. The Hall–Kier alpha value is -1.06. The van der Waals surface area contributed by atoms with Gasteiger partial charge in [-0.1, -0.05) is 11.6 Å². The number of benzene rings is 1. The zero-order valence-electron chi connectivity index (χ0n) is 9.82. The number of hydrogen-bond donors (Lipinski definition) is 1. The van der Waals surface area contributed by atoms with Crippen LogP contribution in [0.2, 0.25) is 5.02 Å². The normalized spacial score (nSPS) is 20.4. The fraction of sp³-hybridized carbons (Fsp3) is 0.462. The first-order valence-corrected chi connectivity index (χ1v) is 6.18. The lowest BCUT2D eigenvalue weighted by atomic mass is 10.1. The van der Waals surface area contributed by atoms with Crippen molar-refractivity contribution in [3.05, 3.63) is 34.3 Å². The summed E-state index contributed by atoms with van der Waals surface area (Å²) in [7, 11) is 0. The standard InChI is InChI=1S/C13H16ClNO2/c1-9-5-10(7-11(14)6-9)13(17)15-4-2-3-12(16)8-15/h5-7,12,16H,2-4,8H2,1H3. The molecule has 0 aliphatic carbocycles. The number of aliphatic hydroxyl groups excluding tert-OH is 1. The van der Waals surface area contributed by atoms with Crippen molar-refractivity contribution < 1.29 is 9.90 Å². The van der Waals surface area contributed by atoms with Gasteiger partial charge in [0.25, 0.3) is 5.91 Å². The molecule has 1 N–H and O–H groups in total. The van der Waals surface area contributed by atoms with Crippen molar-refractivity contribution in [3.8, 4) is 0 Å². The average molecular weight is 254 g/mol. The number of rotatable bonds is 1. The van der Waals surface area contributed by atoms with Crippen LogP contribution in [0.3, 0.4) is 0 Å². The van der Waals surface area contributed by atoms with Gasteiger partial charge in [-0.15, -0.1) is 0 Å². The van der Waals surface area contributed by atoms with E-state index in [1.165, 1.54) is 0 Å². The van der Waals surface area contributed by atoms with Crippen LogP contribution in [0.25, 0.3) is 0 Å². The molecule has 1 fully saturated rings. The van der Waals surface area contributed by atoms with E-state index in [4.69, 9.17) is 11.6 Å². The third kappa shape index (κ3) is 2.99. The highest BCUT2D eigenvalue weighted by Gasteiger charge is 2.23. The van der Waals surface area contributed by atoms with Gasteiger partial charge in [0.2, 0.25) is 0 Å². The molecule has 0 spiro atoms. The number of carbonyl (C=O) groups is 1. The number of halogens is 1. The van der Waals surface area contributed by atoms with Crippen molar-refractivity contribution >= 4 is 17.5 Å². The zero-order valence-corrected chi connectivity index (χ0v) is 10.6. The first-order valence-electron chi connectivity index (χ1n) is 5.81. The van der Waals surface area contributed by atoms with Gasteiger partial charge in [0, 0.05) is 23.7 Å². The molecule has 1 heterocycles. The molecule has 1 aliphatic heterocycles. The molecule has 17 heavy (non-hydrogen) atoms. The summed E-state index contributed by atoms with van der Waals surface area (Å²) < 4.78 is 0. The van der Waals surface area contributed by atoms with Crippen molar-refractivity contribution in [2.75, 3.05) is 13.1 Å². The van der Waals surface area contributed by atoms with Crippen LogP contribution < -0.4 is 0 Å². The zero-order chi connectivity index (χ0) is 12.4. The van der Waals surface area contributed by atoms with E-state index < -0.39 is 6.10 Å². The van der Waals surface area contributed by atoms with E-state index >= 15 is 0 Å². The van der Waals surface area contributed by atoms with Crippen LogP contribution in [0.5, 0.6) is 0 Å². The van der Waals surface area contributed by atoms with Gasteiger partial charge in [0.15, 0.2) is 0 Å². The summed E-state index contributed by atoms with van der Waals surface area (Å²) in [4.78, 5) is 13.9. The summed E-state index contributed by atoms with van der Waals surface area (Å²) >= 11 is 5.94. The van der Waals surface area contributed by atoms with Gasteiger partial charge in [-0.2, -0.15) is 0 Å². The summed E-state index contributed by atoms with van der Waals surface area (Å²) in [6.07, 6.45) is 1.23. The molecule has 1 unspecified atom stereocenters. The minimum atomic E-state index is -0.395. The Morgan fingerprint density at radius 1 is 1.47 bits per heavy atom. The number of aryl methyl sites for hydroxylation is 1. The van der Waals surface area contributed by atoms with Crippen molar-refractivity contribution in [2.45, 2.75) is 25.9 Å². The molecule has 2 rings (SSSR count). The molecular weight excluding hydrogens is 238 g/mol. The maximum absolute atomic E-state index is 12.2. The number of amides is 1. The van der Waals surface area contributed by atoms with Crippen LogP contribution in [-0.4, -0.2) is 35.1 Å². The molecule has 1 aromatic carbocycles. The molecule has 0 bridgehead atoms. The van der Waals surface area contributed by atoms with Crippen LogP contribution in [0.4, 0.5) is 0 Å². The maximum Gasteiger partial charge on any atom is 0.254 e. The van der Waals surface area contributed by atoms with Crippen LogP contribution in [0, 0.1) is 6.92 Å². The average Bonchev–Trinajstić information content (AvgIpc) is 2.26. The quantitative estimate of drug-likeness (QED) is 0.834. The van der Waals surface area contributed by atoms with Gasteiger partial charge < -0.3 is 10.0 Å². The Morgan fingerprint density at radius 2 is 2.24 bits per heavy atom. The Balaban J connectivity index is 2.18. The van der Waals surface area contributed by atoms with Crippen LogP contribution in [0.15, 0.2) is 18.2 Å². The van der Waals surface area contributed by atoms with Gasteiger partial charge >= 0.3 is 0 Å². The lowest BCUT2D eigenvalue weighted by molar-refractivity contribution is 0.0473. The molecule has 0 radical (unpaired) electrons. The molecule has 92 valence electrons. The molecule has 3 nitrogen and oxygen atoms in total. The number of hydrogen-bond acceptors (Lipinski definition) is 2. The molecule has 0 saturated carbocycles. The van der Waals surface area contributed by atoms with Crippen molar-refractivity contribution in [1.29, 1.82) is 0 Å². The third-order valence-corrected chi connectivity index (χ3v) is 3.19. The van der Waals surface area contributed by atoms with Crippen molar-refractivity contribution in [2.24, 2.45) is 0 Å². The van der Waals surface area contributed by atoms with Crippen LogP contribution in [-0.2, 0) is 0 Å². The number of nitrogens with zero attached hydrogens (tertiary/aromatic N) is 1. The topological polar surface area (TPSA) is 40.5 Å². The first kappa shape index (κ1) is 12.4. The monoisotopic (exact) mass is 253 g/mol. The van der Waals surface area contributed by atoms with Crippen LogP contribution >= 0.6 is 11.6 Å².